The van der Waals surface area contributed by atoms with E-state index in [9.17, 15) is 0 Å². The number of pyridine rings is 1. The first-order valence-electron chi connectivity index (χ1n) is 6.08. The Labute approximate surface area is 122 Å². The van der Waals surface area contributed by atoms with Crippen LogP contribution in [0.5, 0.6) is 5.75 Å². The van der Waals surface area contributed by atoms with Gasteiger partial charge in [0.15, 0.2) is 0 Å². The summed E-state index contributed by atoms with van der Waals surface area (Å²) >= 11 is 3.46. The third-order valence-electron chi connectivity index (χ3n) is 3.04. The Morgan fingerprint density at radius 1 is 1.26 bits per heavy atom. The summed E-state index contributed by atoms with van der Waals surface area (Å²) in [6, 6.07) is 8.31. The summed E-state index contributed by atoms with van der Waals surface area (Å²) in [7, 11) is 3.63. The van der Waals surface area contributed by atoms with Gasteiger partial charge in [0.25, 0.3) is 0 Å². The molecule has 2 aromatic rings. The third-order valence-corrected chi connectivity index (χ3v) is 3.48. The molecule has 100 valence electrons. The van der Waals surface area contributed by atoms with Crippen molar-refractivity contribution in [3.8, 4) is 5.75 Å². The standard InChI is InChI=1S/C15H17BrN2O/c1-10-4-5-14(19-3)13(6-10)15(17-2)11-7-12(16)9-18-8-11/h4-9,15,17H,1-3H3. The molecule has 0 aliphatic rings. The summed E-state index contributed by atoms with van der Waals surface area (Å²) in [5, 5.41) is 3.32. The highest BCUT2D eigenvalue weighted by Crippen LogP contribution is 2.31. The van der Waals surface area contributed by atoms with Crippen LogP contribution >= 0.6 is 15.9 Å². The van der Waals surface area contributed by atoms with Crippen LogP contribution in [-0.4, -0.2) is 19.1 Å². The Bertz CT molecular complexity index is 572. The number of halogens is 1. The summed E-state index contributed by atoms with van der Waals surface area (Å²) in [5.41, 5.74) is 3.42. The number of nitrogens with zero attached hydrogens (tertiary/aromatic N) is 1. The Morgan fingerprint density at radius 3 is 2.68 bits per heavy atom. The molecule has 0 aliphatic heterocycles. The molecule has 0 fully saturated rings. The van der Waals surface area contributed by atoms with Gasteiger partial charge < -0.3 is 10.1 Å². The van der Waals surface area contributed by atoms with Gasteiger partial charge in [0.2, 0.25) is 0 Å². The highest BCUT2D eigenvalue weighted by molar-refractivity contribution is 9.10. The van der Waals surface area contributed by atoms with E-state index in [2.05, 4.69) is 45.3 Å². The lowest BCUT2D eigenvalue weighted by atomic mass is 9.98. The zero-order valence-electron chi connectivity index (χ0n) is 11.3. The summed E-state index contributed by atoms with van der Waals surface area (Å²) in [6.45, 7) is 2.08. The Hall–Kier alpha value is -1.39. The number of ether oxygens (including phenoxy) is 1. The third kappa shape index (κ3) is 3.14. The maximum absolute atomic E-state index is 5.46. The average Bonchev–Trinajstić information content (AvgIpc) is 2.40. The first-order chi connectivity index (χ1) is 9.15. The molecule has 3 nitrogen and oxygen atoms in total. The minimum Gasteiger partial charge on any atom is -0.496 e. The van der Waals surface area contributed by atoms with Crippen LogP contribution in [0.4, 0.5) is 0 Å². The first-order valence-corrected chi connectivity index (χ1v) is 6.87. The van der Waals surface area contributed by atoms with Crippen molar-refractivity contribution in [1.29, 1.82) is 0 Å². The van der Waals surface area contributed by atoms with Gasteiger partial charge in [-0.3, -0.25) is 4.98 Å². The number of nitrogens with one attached hydrogen (secondary N) is 1. The van der Waals surface area contributed by atoms with Crippen LogP contribution in [0.15, 0.2) is 41.1 Å². The summed E-state index contributed by atoms with van der Waals surface area (Å²) < 4.78 is 6.43. The second-order valence-corrected chi connectivity index (χ2v) is 5.32. The second-order valence-electron chi connectivity index (χ2n) is 4.40. The van der Waals surface area contributed by atoms with Gasteiger partial charge in [0, 0.05) is 22.4 Å². The Morgan fingerprint density at radius 2 is 2.05 bits per heavy atom. The van der Waals surface area contributed by atoms with Crippen LogP contribution in [0.25, 0.3) is 0 Å². The normalized spacial score (nSPS) is 12.2. The van der Waals surface area contributed by atoms with E-state index in [4.69, 9.17) is 4.74 Å². The minimum absolute atomic E-state index is 0.0554. The summed E-state index contributed by atoms with van der Waals surface area (Å²) in [6.07, 6.45) is 3.65. The molecule has 1 heterocycles. The van der Waals surface area contributed by atoms with Gasteiger partial charge in [-0.2, -0.15) is 0 Å². The van der Waals surface area contributed by atoms with Crippen LogP contribution in [0.1, 0.15) is 22.7 Å². The number of aromatic nitrogens is 1. The van der Waals surface area contributed by atoms with Crippen molar-refractivity contribution in [2.75, 3.05) is 14.2 Å². The molecule has 19 heavy (non-hydrogen) atoms. The Kier molecular flexibility index (Phi) is 4.56. The van der Waals surface area contributed by atoms with E-state index in [1.54, 1.807) is 13.3 Å². The molecule has 0 radical (unpaired) electrons. The number of hydrogen-bond donors (Lipinski definition) is 1. The van der Waals surface area contributed by atoms with Gasteiger partial charge in [0.1, 0.15) is 5.75 Å². The quantitative estimate of drug-likeness (QED) is 0.936. The van der Waals surface area contributed by atoms with Crippen LogP contribution < -0.4 is 10.1 Å². The number of hydrogen-bond acceptors (Lipinski definition) is 3. The van der Waals surface area contributed by atoms with Gasteiger partial charge in [-0.1, -0.05) is 17.7 Å². The van der Waals surface area contributed by atoms with E-state index in [0.29, 0.717) is 0 Å². The van der Waals surface area contributed by atoms with E-state index in [0.717, 1.165) is 21.3 Å². The van der Waals surface area contributed by atoms with Crippen molar-refractivity contribution in [2.45, 2.75) is 13.0 Å². The average molecular weight is 321 g/mol. The lowest BCUT2D eigenvalue weighted by Crippen LogP contribution is -2.18. The number of methoxy groups -OCH3 is 1. The van der Waals surface area contributed by atoms with Gasteiger partial charge in [0.05, 0.1) is 13.2 Å². The molecule has 0 saturated heterocycles. The zero-order chi connectivity index (χ0) is 13.8. The Balaban J connectivity index is 2.50. The van der Waals surface area contributed by atoms with E-state index in [1.807, 2.05) is 25.4 Å². The molecule has 0 amide bonds. The molecule has 0 aliphatic carbocycles. The van der Waals surface area contributed by atoms with Crippen molar-refractivity contribution in [1.82, 2.24) is 10.3 Å². The summed E-state index contributed by atoms with van der Waals surface area (Å²) in [5.74, 6) is 0.880. The molecule has 1 atom stereocenters. The molecule has 1 aromatic heterocycles. The van der Waals surface area contributed by atoms with Crippen LogP contribution in [-0.2, 0) is 0 Å². The number of rotatable bonds is 4. The first kappa shape index (κ1) is 14.0. The molecule has 2 rings (SSSR count). The molecular formula is C15H17BrN2O. The lowest BCUT2D eigenvalue weighted by Gasteiger charge is -2.20. The van der Waals surface area contributed by atoms with Crippen molar-refractivity contribution < 1.29 is 4.74 Å². The van der Waals surface area contributed by atoms with Gasteiger partial charge >= 0.3 is 0 Å². The van der Waals surface area contributed by atoms with Crippen molar-refractivity contribution in [3.05, 3.63) is 57.8 Å². The van der Waals surface area contributed by atoms with Gasteiger partial charge in [-0.15, -0.1) is 0 Å². The molecule has 0 saturated carbocycles. The van der Waals surface area contributed by atoms with E-state index >= 15 is 0 Å². The largest absolute Gasteiger partial charge is 0.496 e. The van der Waals surface area contributed by atoms with Crippen molar-refractivity contribution in [3.63, 3.8) is 0 Å². The molecule has 1 N–H and O–H groups in total. The summed E-state index contributed by atoms with van der Waals surface area (Å²) in [4.78, 5) is 4.23. The SMILES string of the molecule is CNC(c1cncc(Br)c1)c1cc(C)ccc1OC. The molecular weight excluding hydrogens is 304 g/mol. The van der Waals surface area contributed by atoms with Crippen LogP contribution in [0.2, 0.25) is 0 Å². The van der Waals surface area contributed by atoms with Crippen molar-refractivity contribution >= 4 is 15.9 Å². The monoisotopic (exact) mass is 320 g/mol. The predicted octanol–water partition coefficient (Wildman–Crippen LogP) is 3.47. The fourth-order valence-electron chi connectivity index (χ4n) is 2.17. The van der Waals surface area contributed by atoms with Crippen LogP contribution in [0.3, 0.4) is 0 Å². The minimum atomic E-state index is 0.0554. The van der Waals surface area contributed by atoms with E-state index in [-0.39, 0.29) is 6.04 Å². The van der Waals surface area contributed by atoms with Gasteiger partial charge in [-0.25, -0.2) is 0 Å². The molecule has 4 heteroatoms. The maximum Gasteiger partial charge on any atom is 0.124 e. The lowest BCUT2D eigenvalue weighted by molar-refractivity contribution is 0.405. The molecule has 0 spiro atoms. The van der Waals surface area contributed by atoms with Crippen molar-refractivity contribution in [2.24, 2.45) is 0 Å². The van der Waals surface area contributed by atoms with E-state index in [1.165, 1.54) is 5.56 Å². The van der Waals surface area contributed by atoms with Gasteiger partial charge in [-0.05, 0) is 47.6 Å². The highest BCUT2D eigenvalue weighted by atomic mass is 79.9. The maximum atomic E-state index is 5.46. The highest BCUT2D eigenvalue weighted by Gasteiger charge is 2.17. The fraction of sp³-hybridized carbons (Fsp3) is 0.267. The fourth-order valence-corrected chi connectivity index (χ4v) is 2.55. The topological polar surface area (TPSA) is 34.2 Å². The zero-order valence-corrected chi connectivity index (χ0v) is 12.9. The van der Waals surface area contributed by atoms with Crippen LogP contribution in [0, 0.1) is 6.92 Å². The predicted molar refractivity (Wildman–Crippen MR) is 80.6 cm³/mol. The smallest absolute Gasteiger partial charge is 0.124 e. The van der Waals surface area contributed by atoms with E-state index < -0.39 is 0 Å². The molecule has 0 bridgehead atoms. The molecule has 1 aromatic carbocycles. The molecule has 1 unspecified atom stereocenters. The second kappa shape index (κ2) is 6.17. The number of aryl methyl sites for hydroxylation is 1. The number of benzene rings is 1.